The summed E-state index contributed by atoms with van der Waals surface area (Å²) in [7, 11) is 1.57. The number of nitrogens with zero attached hydrogens (tertiary/aromatic N) is 2. The molecule has 0 bridgehead atoms. The summed E-state index contributed by atoms with van der Waals surface area (Å²) in [5, 5.41) is 9.21. The molecule has 166 valence electrons. The van der Waals surface area contributed by atoms with Crippen molar-refractivity contribution in [3.05, 3.63) is 41.6 Å². The summed E-state index contributed by atoms with van der Waals surface area (Å²) >= 11 is 0. The predicted molar refractivity (Wildman–Crippen MR) is 130 cm³/mol. The lowest BCUT2D eigenvalue weighted by atomic mass is 9.94. The van der Waals surface area contributed by atoms with Gasteiger partial charge < -0.3 is 25.1 Å². The molecule has 1 heterocycles. The molecule has 0 spiro atoms. The van der Waals surface area contributed by atoms with E-state index in [1.54, 1.807) is 13.3 Å². The number of methoxy groups -OCH3 is 1. The molecule has 8 nitrogen and oxygen atoms in total. The van der Waals surface area contributed by atoms with Crippen LogP contribution in [0.5, 0.6) is 5.75 Å². The van der Waals surface area contributed by atoms with Gasteiger partial charge in [-0.25, -0.2) is 9.98 Å². The zero-order valence-corrected chi connectivity index (χ0v) is 20.8. The summed E-state index contributed by atoms with van der Waals surface area (Å²) in [6.45, 7) is 11.3. The van der Waals surface area contributed by atoms with Crippen molar-refractivity contribution in [1.82, 2.24) is 15.6 Å². The number of amides is 1. The van der Waals surface area contributed by atoms with Crippen molar-refractivity contribution in [2.24, 2.45) is 4.99 Å². The maximum atomic E-state index is 11.4. The van der Waals surface area contributed by atoms with Gasteiger partial charge in [-0.3, -0.25) is 4.79 Å². The molecule has 30 heavy (non-hydrogen) atoms. The van der Waals surface area contributed by atoms with E-state index in [1.165, 1.54) is 6.92 Å². The molecule has 0 atom stereocenters. The van der Waals surface area contributed by atoms with E-state index in [-0.39, 0.29) is 35.3 Å². The van der Waals surface area contributed by atoms with Crippen LogP contribution in [0.1, 0.15) is 51.8 Å². The number of aliphatic imine (C=N–C) groups is 1. The van der Waals surface area contributed by atoms with Crippen LogP contribution in [0.2, 0.25) is 0 Å². The number of carbonyl (C=O) groups excluding carboxylic acids is 1. The Hall–Kier alpha value is -2.30. The quantitative estimate of drug-likeness (QED) is 0.287. The molecule has 0 saturated heterocycles. The molecule has 0 fully saturated rings. The van der Waals surface area contributed by atoms with Gasteiger partial charge in [-0.2, -0.15) is 0 Å². The number of benzene rings is 1. The van der Waals surface area contributed by atoms with Crippen LogP contribution >= 0.6 is 24.0 Å². The zero-order chi connectivity index (χ0) is 21.4. The Morgan fingerprint density at radius 3 is 2.57 bits per heavy atom. The number of guanidine groups is 1. The average Bonchev–Trinajstić information content (AvgIpc) is 3.13. The van der Waals surface area contributed by atoms with E-state index in [9.17, 15) is 4.79 Å². The van der Waals surface area contributed by atoms with Gasteiger partial charge in [0.25, 0.3) is 0 Å². The molecule has 0 aliphatic rings. The van der Waals surface area contributed by atoms with Gasteiger partial charge in [0, 0.05) is 18.9 Å². The minimum Gasteiger partial charge on any atom is -0.495 e. The first-order chi connectivity index (χ1) is 13.7. The van der Waals surface area contributed by atoms with Crippen molar-refractivity contribution in [3.8, 4) is 5.75 Å². The topological polar surface area (TPSA) is 101 Å². The Balaban J connectivity index is 0.00000450. The highest BCUT2D eigenvalue weighted by molar-refractivity contribution is 14.0. The van der Waals surface area contributed by atoms with Crippen LogP contribution in [-0.4, -0.2) is 30.5 Å². The second-order valence-electron chi connectivity index (χ2n) is 7.63. The number of nitrogens with one attached hydrogen (secondary N) is 3. The van der Waals surface area contributed by atoms with Gasteiger partial charge in [0.15, 0.2) is 5.96 Å². The first-order valence-electron chi connectivity index (χ1n) is 9.64. The van der Waals surface area contributed by atoms with Crippen molar-refractivity contribution in [2.45, 2.75) is 53.1 Å². The fourth-order valence-corrected chi connectivity index (χ4v) is 2.55. The summed E-state index contributed by atoms with van der Waals surface area (Å²) in [5.41, 5.74) is 1.49. The SMILES string of the molecule is CCNC(=NCc1ccc(OC)c(NC(C)=O)c1)NCc1ncc(C(C)(C)C)o1.I. The Kier molecular flexibility index (Phi) is 10.1. The van der Waals surface area contributed by atoms with Crippen LogP contribution in [0.25, 0.3) is 0 Å². The lowest BCUT2D eigenvalue weighted by Gasteiger charge is -2.13. The average molecular weight is 529 g/mol. The Morgan fingerprint density at radius 2 is 2.00 bits per heavy atom. The number of aromatic nitrogens is 1. The van der Waals surface area contributed by atoms with Crippen molar-refractivity contribution in [1.29, 1.82) is 0 Å². The van der Waals surface area contributed by atoms with Gasteiger partial charge in [0.2, 0.25) is 11.8 Å². The minimum absolute atomic E-state index is 0. The lowest BCUT2D eigenvalue weighted by Crippen LogP contribution is -2.36. The van der Waals surface area contributed by atoms with E-state index in [0.29, 0.717) is 36.4 Å². The summed E-state index contributed by atoms with van der Waals surface area (Å²) in [6.07, 6.45) is 1.77. The molecular formula is C21H32IN5O3. The molecule has 0 saturated carbocycles. The van der Waals surface area contributed by atoms with Crippen molar-refractivity contribution in [3.63, 3.8) is 0 Å². The maximum absolute atomic E-state index is 11.4. The summed E-state index contributed by atoms with van der Waals surface area (Å²) in [5.74, 6) is 2.56. The van der Waals surface area contributed by atoms with Crippen LogP contribution in [-0.2, 0) is 23.3 Å². The van der Waals surface area contributed by atoms with E-state index in [4.69, 9.17) is 9.15 Å². The number of halogens is 1. The molecule has 1 amide bonds. The Labute approximate surface area is 195 Å². The smallest absolute Gasteiger partial charge is 0.221 e. The van der Waals surface area contributed by atoms with Crippen molar-refractivity contribution in [2.75, 3.05) is 19.0 Å². The fraction of sp³-hybridized carbons (Fsp3) is 0.476. The van der Waals surface area contributed by atoms with Gasteiger partial charge in [-0.1, -0.05) is 26.8 Å². The van der Waals surface area contributed by atoms with Crippen molar-refractivity contribution < 1.29 is 13.9 Å². The number of oxazole rings is 1. The Bertz CT molecular complexity index is 859. The van der Waals surface area contributed by atoms with E-state index in [1.807, 2.05) is 25.1 Å². The first-order valence-corrected chi connectivity index (χ1v) is 9.64. The molecule has 0 unspecified atom stereocenters. The highest BCUT2D eigenvalue weighted by Crippen LogP contribution is 2.26. The third-order valence-corrected chi connectivity index (χ3v) is 4.04. The molecule has 0 radical (unpaired) electrons. The molecule has 2 rings (SSSR count). The number of hydrogen-bond acceptors (Lipinski definition) is 5. The monoisotopic (exact) mass is 529 g/mol. The van der Waals surface area contributed by atoms with Crippen LogP contribution in [0, 0.1) is 0 Å². The summed E-state index contributed by atoms with van der Waals surface area (Å²) < 4.78 is 11.1. The Morgan fingerprint density at radius 1 is 1.27 bits per heavy atom. The predicted octanol–water partition coefficient (Wildman–Crippen LogP) is 3.81. The highest BCUT2D eigenvalue weighted by Gasteiger charge is 2.19. The first kappa shape index (κ1) is 25.7. The normalized spacial score (nSPS) is 11.5. The van der Waals surface area contributed by atoms with Gasteiger partial charge >= 0.3 is 0 Å². The molecule has 9 heteroatoms. The standard InChI is InChI=1S/C21H31N5O3.HI/c1-7-22-20(25-13-19-23-12-18(29-19)21(3,4)5)24-11-15-8-9-17(28-6)16(10-15)26-14(2)27;/h8-10,12H,7,11,13H2,1-6H3,(H,26,27)(H2,22,24,25);1H. The molecule has 0 aliphatic carbocycles. The number of carbonyl (C=O) groups is 1. The van der Waals surface area contributed by atoms with E-state index >= 15 is 0 Å². The summed E-state index contributed by atoms with van der Waals surface area (Å²) in [6, 6.07) is 5.59. The van der Waals surface area contributed by atoms with Crippen LogP contribution in [0.15, 0.2) is 33.8 Å². The maximum Gasteiger partial charge on any atom is 0.221 e. The molecule has 0 aliphatic heterocycles. The van der Waals surface area contributed by atoms with Gasteiger partial charge in [-0.05, 0) is 24.6 Å². The minimum atomic E-state index is -0.153. The fourth-order valence-electron chi connectivity index (χ4n) is 2.55. The van der Waals surface area contributed by atoms with Crippen LogP contribution < -0.4 is 20.7 Å². The van der Waals surface area contributed by atoms with Gasteiger partial charge in [0.1, 0.15) is 11.5 Å². The number of hydrogen-bond donors (Lipinski definition) is 3. The third-order valence-electron chi connectivity index (χ3n) is 4.04. The number of rotatable bonds is 7. The van der Waals surface area contributed by atoms with Crippen LogP contribution in [0.3, 0.4) is 0 Å². The van der Waals surface area contributed by atoms with E-state index in [0.717, 1.165) is 17.9 Å². The largest absolute Gasteiger partial charge is 0.495 e. The lowest BCUT2D eigenvalue weighted by molar-refractivity contribution is -0.114. The molecule has 1 aromatic carbocycles. The second kappa shape index (κ2) is 11.8. The van der Waals surface area contributed by atoms with E-state index < -0.39 is 0 Å². The van der Waals surface area contributed by atoms with Crippen molar-refractivity contribution >= 4 is 41.5 Å². The van der Waals surface area contributed by atoms with Gasteiger partial charge in [-0.15, -0.1) is 24.0 Å². The highest BCUT2D eigenvalue weighted by atomic mass is 127. The van der Waals surface area contributed by atoms with Gasteiger partial charge in [0.05, 0.1) is 32.1 Å². The number of anilines is 1. The molecule has 1 aromatic heterocycles. The molecular weight excluding hydrogens is 497 g/mol. The molecule has 2 aromatic rings. The summed E-state index contributed by atoms with van der Waals surface area (Å²) in [4.78, 5) is 20.3. The number of ether oxygens (including phenoxy) is 1. The van der Waals surface area contributed by atoms with E-state index in [2.05, 4.69) is 46.7 Å². The second-order valence-corrected chi connectivity index (χ2v) is 7.63. The zero-order valence-electron chi connectivity index (χ0n) is 18.5. The molecule has 3 N–H and O–H groups in total. The third kappa shape index (κ3) is 7.85. The van der Waals surface area contributed by atoms with Crippen LogP contribution in [0.4, 0.5) is 5.69 Å².